The van der Waals surface area contributed by atoms with Crippen LogP contribution in [0.3, 0.4) is 0 Å². The van der Waals surface area contributed by atoms with Gasteiger partial charge in [0.05, 0.1) is 11.3 Å². The third-order valence-electron chi connectivity index (χ3n) is 5.14. The average molecular weight is 489 g/mol. The number of rotatable bonds is 5. The highest BCUT2D eigenvalue weighted by Crippen LogP contribution is 2.41. The van der Waals surface area contributed by atoms with Gasteiger partial charge < -0.3 is 9.92 Å². The minimum absolute atomic E-state index is 0.00624. The second-order valence-corrected chi connectivity index (χ2v) is 9.44. The molecule has 0 fully saturated rings. The second kappa shape index (κ2) is 8.13. The summed E-state index contributed by atoms with van der Waals surface area (Å²) in [5.41, 5.74) is 5.61. The molecule has 1 aromatic heterocycles. The number of guanidine groups is 1. The second-order valence-electron chi connectivity index (χ2n) is 7.43. The molecule has 1 aliphatic rings. The lowest BCUT2D eigenvalue weighted by molar-refractivity contribution is -0.129. The van der Waals surface area contributed by atoms with Gasteiger partial charge in [0.2, 0.25) is 5.95 Å². The Morgan fingerprint density at radius 1 is 1.12 bits per heavy atom. The van der Waals surface area contributed by atoms with Crippen molar-refractivity contribution in [2.45, 2.75) is 5.54 Å². The summed E-state index contributed by atoms with van der Waals surface area (Å²) in [6, 6.07) is 14.0. The fourth-order valence-corrected chi connectivity index (χ4v) is 4.28. The third kappa shape index (κ3) is 4.14. The molecule has 2 N–H and O–H groups in total. The number of halogens is 2. The van der Waals surface area contributed by atoms with Crippen molar-refractivity contribution in [1.29, 1.82) is 0 Å². The van der Waals surface area contributed by atoms with Gasteiger partial charge in [0.25, 0.3) is 5.91 Å². The number of carbonyl (C=O) groups excluding carboxylic acids is 1. The Morgan fingerprint density at radius 3 is 2.42 bits per heavy atom. The Morgan fingerprint density at radius 2 is 1.79 bits per heavy atom. The fraction of sp³-hybridized carbons (Fsp3) is 0.136. The van der Waals surface area contributed by atoms with Crippen LogP contribution >= 0.6 is 11.6 Å². The first-order valence-corrected chi connectivity index (χ1v) is 11.8. The average Bonchev–Trinajstić information content (AvgIpc) is 2.99. The van der Waals surface area contributed by atoms with E-state index in [9.17, 15) is 17.6 Å². The Bertz CT molecular complexity index is 1410. The molecule has 11 heteroatoms. The normalized spacial score (nSPS) is 18.4. The molecule has 0 spiro atoms. The van der Waals surface area contributed by atoms with Gasteiger partial charge in [-0.05, 0) is 41.0 Å². The van der Waals surface area contributed by atoms with Crippen molar-refractivity contribution in [2.75, 3.05) is 13.3 Å². The number of aliphatic imine (C=N–C) groups is 1. The van der Waals surface area contributed by atoms with Crippen LogP contribution < -0.4 is 9.92 Å². The molecule has 0 aliphatic carbocycles. The molecule has 0 radical (unpaired) electrons. The van der Waals surface area contributed by atoms with Gasteiger partial charge >= 0.3 is 10.1 Å². The molecule has 0 bridgehead atoms. The van der Waals surface area contributed by atoms with Crippen LogP contribution in [-0.2, 0) is 20.5 Å². The van der Waals surface area contributed by atoms with E-state index < -0.39 is 27.5 Å². The van der Waals surface area contributed by atoms with Crippen LogP contribution in [0.25, 0.3) is 11.1 Å². The fourth-order valence-electron chi connectivity index (χ4n) is 3.67. The van der Waals surface area contributed by atoms with Crippen LogP contribution in [0.1, 0.15) is 11.1 Å². The highest BCUT2D eigenvalue weighted by Gasteiger charge is 2.49. The molecule has 1 aliphatic heterocycles. The van der Waals surface area contributed by atoms with E-state index in [0.717, 1.165) is 6.26 Å². The molecule has 1 atom stereocenters. The molecule has 3 aromatic rings. The first kappa shape index (κ1) is 22.7. The highest BCUT2D eigenvalue weighted by atomic mass is 35.5. The van der Waals surface area contributed by atoms with Crippen LogP contribution in [0.15, 0.2) is 65.8 Å². The number of nitrogens with two attached hydrogens (primary N) is 1. The van der Waals surface area contributed by atoms with Gasteiger partial charge in [0.1, 0.15) is 5.75 Å². The largest absolute Gasteiger partial charge is 0.383 e. The Labute approximate surface area is 194 Å². The Balaban J connectivity index is 1.94. The minimum Gasteiger partial charge on any atom is -0.383 e. The summed E-state index contributed by atoms with van der Waals surface area (Å²) in [5, 5.41) is 0.246. The topological polar surface area (TPSA) is 115 Å². The van der Waals surface area contributed by atoms with E-state index in [-0.39, 0.29) is 22.3 Å². The van der Waals surface area contributed by atoms with Gasteiger partial charge in [-0.25, -0.2) is 9.98 Å². The van der Waals surface area contributed by atoms with E-state index in [1.165, 1.54) is 36.3 Å². The van der Waals surface area contributed by atoms with Crippen molar-refractivity contribution < 1.29 is 21.8 Å². The zero-order chi connectivity index (χ0) is 24.0. The van der Waals surface area contributed by atoms with E-state index in [2.05, 4.69) is 9.98 Å². The van der Waals surface area contributed by atoms with Crippen LogP contribution in [-0.4, -0.2) is 43.5 Å². The molecule has 8 nitrogen and oxygen atoms in total. The van der Waals surface area contributed by atoms with Crippen LogP contribution in [0, 0.1) is 5.95 Å². The number of pyridine rings is 1. The lowest BCUT2D eigenvalue weighted by atomic mass is 9.81. The lowest BCUT2D eigenvalue weighted by Gasteiger charge is -2.27. The molecule has 0 saturated carbocycles. The maximum Gasteiger partial charge on any atom is 0.306 e. The maximum absolute atomic E-state index is 14.4. The molecular formula is C22H18ClFN4O4S. The number of nitrogens with zero attached hydrogens (tertiary/aromatic N) is 3. The van der Waals surface area contributed by atoms with Crippen molar-refractivity contribution >= 4 is 33.6 Å². The molecule has 2 heterocycles. The van der Waals surface area contributed by atoms with E-state index in [1.807, 2.05) is 0 Å². The van der Waals surface area contributed by atoms with Gasteiger partial charge in [-0.2, -0.15) is 12.8 Å². The van der Waals surface area contributed by atoms with Gasteiger partial charge in [-0.1, -0.05) is 41.9 Å². The van der Waals surface area contributed by atoms with E-state index in [1.54, 1.807) is 36.4 Å². The smallest absolute Gasteiger partial charge is 0.306 e. The summed E-state index contributed by atoms with van der Waals surface area (Å²) in [6.45, 7) is 0. The summed E-state index contributed by atoms with van der Waals surface area (Å²) < 4.78 is 42.6. The molecule has 1 unspecified atom stereocenters. The number of benzene rings is 2. The Hall–Kier alpha value is -3.50. The molecule has 4 rings (SSSR count). The molecule has 0 saturated heterocycles. The molecule has 2 aromatic carbocycles. The van der Waals surface area contributed by atoms with Gasteiger partial charge in [0.15, 0.2) is 11.5 Å². The molecular weight excluding hydrogens is 471 g/mol. The third-order valence-corrected chi connectivity index (χ3v) is 5.84. The van der Waals surface area contributed by atoms with Crippen molar-refractivity contribution in [1.82, 2.24) is 9.88 Å². The summed E-state index contributed by atoms with van der Waals surface area (Å²) in [4.78, 5) is 22.8. The number of amides is 1. The summed E-state index contributed by atoms with van der Waals surface area (Å²) in [6.07, 6.45) is 2.11. The van der Waals surface area contributed by atoms with Crippen molar-refractivity contribution in [3.05, 3.63) is 82.9 Å². The molecule has 170 valence electrons. The molecule has 1 amide bonds. The van der Waals surface area contributed by atoms with Crippen molar-refractivity contribution in [3.8, 4) is 16.9 Å². The molecule has 33 heavy (non-hydrogen) atoms. The quantitative estimate of drug-likeness (QED) is 0.436. The highest BCUT2D eigenvalue weighted by molar-refractivity contribution is 7.86. The number of hydrogen-bond donors (Lipinski definition) is 1. The minimum atomic E-state index is -3.81. The lowest BCUT2D eigenvalue weighted by Crippen LogP contribution is -2.41. The number of hydrogen-bond acceptors (Lipinski definition) is 7. The summed E-state index contributed by atoms with van der Waals surface area (Å²) >= 11 is 6.00. The number of likely N-dealkylation sites (N-methyl/N-ethyl adjacent to an activating group) is 1. The van der Waals surface area contributed by atoms with E-state index in [4.69, 9.17) is 21.5 Å². The van der Waals surface area contributed by atoms with E-state index >= 15 is 0 Å². The number of aromatic nitrogens is 1. The van der Waals surface area contributed by atoms with Gasteiger partial charge in [-0.3, -0.25) is 9.69 Å². The van der Waals surface area contributed by atoms with Crippen LogP contribution in [0.4, 0.5) is 4.39 Å². The van der Waals surface area contributed by atoms with Gasteiger partial charge in [-0.15, -0.1) is 0 Å². The Kier molecular flexibility index (Phi) is 5.59. The first-order valence-electron chi connectivity index (χ1n) is 9.57. The monoisotopic (exact) mass is 488 g/mol. The van der Waals surface area contributed by atoms with Crippen molar-refractivity contribution in [3.63, 3.8) is 0 Å². The predicted octanol–water partition coefficient (Wildman–Crippen LogP) is 2.91. The maximum atomic E-state index is 14.4. The van der Waals surface area contributed by atoms with Gasteiger partial charge in [0, 0.05) is 18.8 Å². The summed E-state index contributed by atoms with van der Waals surface area (Å²) in [5.74, 6) is -1.23. The standard InChI is InChI=1S/C22H18ClFN4O4S/c1-28-20(29)22(27-21(28)25,15-7-4-8-17(10-15)32-33(2,30)31)14-6-3-5-13(9-14)18-11-16(23)12-26-19(18)24/h3-12H,1-2H3,(H2,25,27). The SMILES string of the molecule is CN1C(=O)C(c2cccc(OS(C)(=O)=O)c2)(c2cccc(-c3cc(Cl)cnc3F)c2)N=C1N. The zero-order valence-electron chi connectivity index (χ0n) is 17.5. The van der Waals surface area contributed by atoms with Crippen molar-refractivity contribution in [2.24, 2.45) is 10.7 Å². The van der Waals surface area contributed by atoms with Crippen LogP contribution in [0.2, 0.25) is 5.02 Å². The summed E-state index contributed by atoms with van der Waals surface area (Å²) in [7, 11) is -2.33. The first-order chi connectivity index (χ1) is 15.5. The predicted molar refractivity (Wildman–Crippen MR) is 122 cm³/mol. The zero-order valence-corrected chi connectivity index (χ0v) is 19.1. The van der Waals surface area contributed by atoms with Crippen LogP contribution in [0.5, 0.6) is 5.75 Å². The number of carbonyl (C=O) groups is 1. The van der Waals surface area contributed by atoms with E-state index in [0.29, 0.717) is 16.7 Å².